The number of hydrogen-bond acceptors (Lipinski definition) is 5. The van der Waals surface area contributed by atoms with Gasteiger partial charge in [-0.2, -0.15) is 0 Å². The van der Waals surface area contributed by atoms with Gasteiger partial charge in [0.1, 0.15) is 11.6 Å². The third-order valence-corrected chi connectivity index (χ3v) is 4.99. The van der Waals surface area contributed by atoms with Gasteiger partial charge in [-0.05, 0) is 36.4 Å². The number of amides is 1. The lowest BCUT2D eigenvalue weighted by atomic mass is 10.2. The van der Waals surface area contributed by atoms with Crippen molar-refractivity contribution in [1.29, 1.82) is 0 Å². The van der Waals surface area contributed by atoms with Crippen LogP contribution in [-0.4, -0.2) is 54.1 Å². The molecule has 1 amide bonds. The van der Waals surface area contributed by atoms with E-state index in [4.69, 9.17) is 4.74 Å². The summed E-state index contributed by atoms with van der Waals surface area (Å²) in [6.45, 7) is 2.74. The Morgan fingerprint density at radius 1 is 1.00 bits per heavy atom. The maximum absolute atomic E-state index is 13.4. The van der Waals surface area contributed by atoms with Gasteiger partial charge in [-0.1, -0.05) is 12.1 Å². The number of ether oxygens (including phenoxy) is 1. The molecule has 29 heavy (non-hydrogen) atoms. The molecule has 0 atom stereocenters. The van der Waals surface area contributed by atoms with Crippen molar-refractivity contribution in [3.63, 3.8) is 0 Å². The quantitative estimate of drug-likeness (QED) is 0.682. The fourth-order valence-corrected chi connectivity index (χ4v) is 3.36. The Labute approximate surface area is 168 Å². The molecule has 0 N–H and O–H groups in total. The van der Waals surface area contributed by atoms with Crippen LogP contribution in [0.3, 0.4) is 0 Å². The number of nitrogens with zero attached hydrogens (tertiary/aromatic N) is 4. The predicted molar refractivity (Wildman–Crippen MR) is 109 cm³/mol. The number of halogens is 1. The Kier molecular flexibility index (Phi) is 5.37. The summed E-state index contributed by atoms with van der Waals surface area (Å²) in [6, 6.07) is 14.0. The van der Waals surface area contributed by atoms with Crippen LogP contribution in [0.5, 0.6) is 5.75 Å². The van der Waals surface area contributed by atoms with E-state index < -0.39 is 0 Å². The molecule has 1 aliphatic heterocycles. The van der Waals surface area contributed by atoms with E-state index >= 15 is 0 Å². The largest absolute Gasteiger partial charge is 0.497 e. The molecule has 0 unspecified atom stereocenters. The maximum Gasteiger partial charge on any atom is 0.257 e. The molecule has 1 saturated heterocycles. The van der Waals surface area contributed by atoms with Gasteiger partial charge in [0.2, 0.25) is 0 Å². The molecule has 0 bridgehead atoms. The number of benzene rings is 2. The molecule has 0 radical (unpaired) electrons. The van der Waals surface area contributed by atoms with Gasteiger partial charge >= 0.3 is 0 Å². The second-order valence-electron chi connectivity index (χ2n) is 6.78. The van der Waals surface area contributed by atoms with Crippen LogP contribution in [0.1, 0.15) is 10.4 Å². The van der Waals surface area contributed by atoms with E-state index in [9.17, 15) is 9.18 Å². The van der Waals surface area contributed by atoms with Gasteiger partial charge in [-0.3, -0.25) is 4.79 Å². The first-order chi connectivity index (χ1) is 14.1. The number of carbonyl (C=O) groups excluding carboxylic acids is 1. The first-order valence-electron chi connectivity index (χ1n) is 9.40. The highest BCUT2D eigenvalue weighted by Gasteiger charge is 2.23. The fraction of sp³-hybridized carbons (Fsp3) is 0.227. The molecule has 2 heterocycles. The monoisotopic (exact) mass is 392 g/mol. The summed E-state index contributed by atoms with van der Waals surface area (Å²) < 4.78 is 18.6. The van der Waals surface area contributed by atoms with Crippen LogP contribution in [0.15, 0.2) is 60.9 Å². The molecule has 0 aliphatic carbocycles. The number of hydrogen-bond donors (Lipinski definition) is 0. The third-order valence-electron chi connectivity index (χ3n) is 4.99. The molecule has 1 aromatic heterocycles. The van der Waals surface area contributed by atoms with E-state index in [1.165, 1.54) is 24.5 Å². The SMILES string of the molecule is COc1ccc(N2CCN(C(=O)c3cnc(-c4cccc(F)c4)nc3)CC2)cc1. The molecule has 6 nitrogen and oxygen atoms in total. The molecule has 2 aromatic carbocycles. The van der Waals surface area contributed by atoms with Crippen LogP contribution < -0.4 is 9.64 Å². The smallest absolute Gasteiger partial charge is 0.257 e. The summed E-state index contributed by atoms with van der Waals surface area (Å²) in [4.78, 5) is 25.3. The lowest BCUT2D eigenvalue weighted by molar-refractivity contribution is 0.0746. The van der Waals surface area contributed by atoms with Crippen molar-refractivity contribution in [2.24, 2.45) is 0 Å². The van der Waals surface area contributed by atoms with Crippen molar-refractivity contribution >= 4 is 11.6 Å². The molecule has 148 valence electrons. The molecular formula is C22H21FN4O2. The van der Waals surface area contributed by atoms with Gasteiger partial charge in [-0.25, -0.2) is 14.4 Å². The Morgan fingerprint density at radius 3 is 2.31 bits per heavy atom. The average molecular weight is 392 g/mol. The van der Waals surface area contributed by atoms with Gasteiger partial charge in [0.15, 0.2) is 5.82 Å². The Morgan fingerprint density at radius 2 is 1.69 bits per heavy atom. The summed E-state index contributed by atoms with van der Waals surface area (Å²) in [5.41, 5.74) is 2.13. The van der Waals surface area contributed by atoms with Crippen molar-refractivity contribution in [2.75, 3.05) is 38.2 Å². The third kappa shape index (κ3) is 4.18. The van der Waals surface area contributed by atoms with Crippen LogP contribution >= 0.6 is 0 Å². The van der Waals surface area contributed by atoms with Gasteiger partial charge in [0, 0.05) is 49.8 Å². The van der Waals surface area contributed by atoms with Crippen LogP contribution in [-0.2, 0) is 0 Å². The minimum atomic E-state index is -0.346. The van der Waals surface area contributed by atoms with E-state index in [1.54, 1.807) is 24.1 Å². The Balaban J connectivity index is 1.39. The van der Waals surface area contributed by atoms with E-state index in [-0.39, 0.29) is 11.7 Å². The number of piperazine rings is 1. The zero-order valence-corrected chi connectivity index (χ0v) is 16.1. The van der Waals surface area contributed by atoms with Crippen LogP contribution in [0.25, 0.3) is 11.4 Å². The molecule has 4 rings (SSSR count). The van der Waals surface area contributed by atoms with E-state index in [0.717, 1.165) is 24.5 Å². The van der Waals surface area contributed by atoms with Crippen molar-refractivity contribution in [3.8, 4) is 17.1 Å². The summed E-state index contributed by atoms with van der Waals surface area (Å²) in [7, 11) is 1.65. The van der Waals surface area contributed by atoms with Crippen molar-refractivity contribution in [3.05, 3.63) is 72.3 Å². The van der Waals surface area contributed by atoms with Crippen molar-refractivity contribution in [2.45, 2.75) is 0 Å². The zero-order valence-electron chi connectivity index (χ0n) is 16.1. The molecule has 0 spiro atoms. The van der Waals surface area contributed by atoms with E-state index in [1.807, 2.05) is 24.3 Å². The first kappa shape index (κ1) is 18.9. The Bertz CT molecular complexity index is 984. The second kappa shape index (κ2) is 8.26. The normalized spacial score (nSPS) is 14.0. The summed E-state index contributed by atoms with van der Waals surface area (Å²) in [5, 5.41) is 0. The molecule has 3 aromatic rings. The van der Waals surface area contributed by atoms with E-state index in [0.29, 0.717) is 30.0 Å². The summed E-state index contributed by atoms with van der Waals surface area (Å²) in [6.07, 6.45) is 3.01. The highest BCUT2D eigenvalue weighted by atomic mass is 19.1. The maximum atomic E-state index is 13.4. The van der Waals surface area contributed by atoms with Crippen molar-refractivity contribution < 1.29 is 13.9 Å². The van der Waals surface area contributed by atoms with Crippen LogP contribution in [0, 0.1) is 5.82 Å². The lowest BCUT2D eigenvalue weighted by Crippen LogP contribution is -2.48. The summed E-state index contributed by atoms with van der Waals surface area (Å²) in [5.74, 6) is 0.779. The fourth-order valence-electron chi connectivity index (χ4n) is 3.36. The van der Waals surface area contributed by atoms with Gasteiger partial charge in [0.05, 0.1) is 12.7 Å². The molecule has 1 fully saturated rings. The Hall–Kier alpha value is -3.48. The lowest BCUT2D eigenvalue weighted by Gasteiger charge is -2.36. The standard InChI is InChI=1S/C22H21FN4O2/c1-29-20-7-5-19(6-8-20)26-9-11-27(12-10-26)22(28)17-14-24-21(25-15-17)16-3-2-4-18(23)13-16/h2-8,13-15H,9-12H2,1H3. The average Bonchev–Trinajstić information content (AvgIpc) is 2.79. The number of methoxy groups -OCH3 is 1. The highest BCUT2D eigenvalue weighted by Crippen LogP contribution is 2.21. The topological polar surface area (TPSA) is 58.6 Å². The summed E-state index contributed by atoms with van der Waals surface area (Å²) >= 11 is 0. The molecule has 0 saturated carbocycles. The number of aromatic nitrogens is 2. The molecular weight excluding hydrogens is 371 g/mol. The van der Waals surface area contributed by atoms with Gasteiger partial charge in [-0.15, -0.1) is 0 Å². The van der Waals surface area contributed by atoms with Gasteiger partial charge < -0.3 is 14.5 Å². The second-order valence-corrected chi connectivity index (χ2v) is 6.78. The number of rotatable bonds is 4. The van der Waals surface area contributed by atoms with Crippen molar-refractivity contribution in [1.82, 2.24) is 14.9 Å². The number of carbonyl (C=O) groups is 1. The van der Waals surface area contributed by atoms with Crippen LogP contribution in [0.2, 0.25) is 0 Å². The molecule has 7 heteroatoms. The zero-order chi connectivity index (χ0) is 20.2. The minimum Gasteiger partial charge on any atom is -0.497 e. The molecule has 1 aliphatic rings. The first-order valence-corrected chi connectivity index (χ1v) is 9.40. The number of anilines is 1. The highest BCUT2D eigenvalue weighted by molar-refractivity contribution is 5.94. The predicted octanol–water partition coefficient (Wildman–Crippen LogP) is 3.25. The van der Waals surface area contributed by atoms with Crippen LogP contribution in [0.4, 0.5) is 10.1 Å². The van der Waals surface area contributed by atoms with E-state index in [2.05, 4.69) is 14.9 Å². The van der Waals surface area contributed by atoms with Gasteiger partial charge in [0.25, 0.3) is 5.91 Å². The minimum absolute atomic E-state index is 0.0924.